The van der Waals surface area contributed by atoms with E-state index >= 15 is 0 Å². The Morgan fingerprint density at radius 1 is 1.50 bits per heavy atom. The fourth-order valence-electron chi connectivity index (χ4n) is 0.826. The minimum atomic E-state index is -1.24. The van der Waals surface area contributed by atoms with Crippen LogP contribution in [0.3, 0.4) is 0 Å². The molecule has 1 aromatic rings. The first kappa shape index (κ1) is 8.39. The van der Waals surface area contributed by atoms with E-state index in [1.807, 2.05) is 0 Å². The molecular weight excluding hydrogens is 163 g/mol. The fraction of sp³-hybridized carbons (Fsp3) is 0. The predicted octanol–water partition coefficient (Wildman–Crippen LogP) is 1.34. The number of carbonyl (C=O) groups is 2. The first-order valence-corrected chi connectivity index (χ1v) is 3.13. The highest BCUT2D eigenvalue weighted by atomic mass is 19.1. The second-order valence-electron chi connectivity index (χ2n) is 2.15. The molecule has 0 spiro atoms. The van der Waals surface area contributed by atoms with Gasteiger partial charge >= 0.3 is 5.97 Å². The van der Waals surface area contributed by atoms with Gasteiger partial charge in [0.25, 0.3) is 0 Å². The van der Waals surface area contributed by atoms with Crippen LogP contribution in [0.2, 0.25) is 0 Å². The van der Waals surface area contributed by atoms with Crippen molar-refractivity contribution in [3.8, 4) is 0 Å². The number of hydrogen-bond donors (Lipinski definition) is 1. The van der Waals surface area contributed by atoms with E-state index in [4.69, 9.17) is 5.11 Å². The number of carboxylic acids is 1. The smallest absolute Gasteiger partial charge is 0.336 e. The van der Waals surface area contributed by atoms with Crippen LogP contribution in [-0.4, -0.2) is 17.4 Å². The van der Waals surface area contributed by atoms with E-state index in [0.717, 1.165) is 18.2 Å². The Hall–Kier alpha value is -1.71. The van der Waals surface area contributed by atoms with Crippen LogP contribution in [0.1, 0.15) is 20.7 Å². The zero-order chi connectivity index (χ0) is 9.14. The van der Waals surface area contributed by atoms with Crippen LogP contribution in [0.15, 0.2) is 18.2 Å². The van der Waals surface area contributed by atoms with Gasteiger partial charge in [-0.25, -0.2) is 9.18 Å². The Bertz CT molecular complexity index is 333. The van der Waals surface area contributed by atoms with E-state index in [1.54, 1.807) is 0 Å². The number of hydrogen-bond acceptors (Lipinski definition) is 2. The van der Waals surface area contributed by atoms with Crippen molar-refractivity contribution in [1.29, 1.82) is 0 Å². The molecule has 0 radical (unpaired) electrons. The summed E-state index contributed by atoms with van der Waals surface area (Å²) in [6.07, 6.45) is 0.312. The van der Waals surface area contributed by atoms with E-state index in [9.17, 15) is 14.0 Å². The van der Waals surface area contributed by atoms with Gasteiger partial charge < -0.3 is 5.11 Å². The molecule has 0 unspecified atom stereocenters. The maximum atomic E-state index is 12.4. The first-order valence-electron chi connectivity index (χ1n) is 3.13. The van der Waals surface area contributed by atoms with Crippen molar-refractivity contribution in [2.45, 2.75) is 0 Å². The topological polar surface area (TPSA) is 54.4 Å². The van der Waals surface area contributed by atoms with Gasteiger partial charge in [-0.15, -0.1) is 0 Å². The van der Waals surface area contributed by atoms with Gasteiger partial charge in [0.15, 0.2) is 6.29 Å². The van der Waals surface area contributed by atoms with Crippen LogP contribution in [-0.2, 0) is 0 Å². The molecule has 0 aliphatic rings. The largest absolute Gasteiger partial charge is 0.478 e. The molecule has 3 nitrogen and oxygen atoms in total. The molecule has 0 atom stereocenters. The van der Waals surface area contributed by atoms with Crippen LogP contribution in [0, 0.1) is 5.82 Å². The van der Waals surface area contributed by atoms with Crippen molar-refractivity contribution < 1.29 is 19.1 Å². The number of halogens is 1. The SMILES string of the molecule is O=Cc1cc(F)ccc1C(=O)O. The van der Waals surface area contributed by atoms with E-state index in [0.29, 0.717) is 6.29 Å². The van der Waals surface area contributed by atoms with Crippen LogP contribution >= 0.6 is 0 Å². The Labute approximate surface area is 67.4 Å². The highest BCUT2D eigenvalue weighted by molar-refractivity contribution is 5.97. The predicted molar refractivity (Wildman–Crippen MR) is 38.7 cm³/mol. The zero-order valence-corrected chi connectivity index (χ0v) is 5.95. The average Bonchev–Trinajstić information content (AvgIpc) is 2.03. The van der Waals surface area contributed by atoms with E-state index in [2.05, 4.69) is 0 Å². The lowest BCUT2D eigenvalue weighted by molar-refractivity contribution is 0.0694. The number of carboxylic acid groups (broad SMARTS) is 1. The lowest BCUT2D eigenvalue weighted by atomic mass is 10.1. The van der Waals surface area contributed by atoms with Crippen LogP contribution in [0.4, 0.5) is 4.39 Å². The summed E-state index contributed by atoms with van der Waals surface area (Å²) in [5.74, 6) is -1.86. The van der Waals surface area contributed by atoms with Crippen molar-refractivity contribution in [2.75, 3.05) is 0 Å². The quantitative estimate of drug-likeness (QED) is 0.678. The van der Waals surface area contributed by atoms with Gasteiger partial charge in [0, 0.05) is 5.56 Å². The van der Waals surface area contributed by atoms with Gasteiger partial charge in [0.05, 0.1) is 5.56 Å². The summed E-state index contributed by atoms with van der Waals surface area (Å²) in [5, 5.41) is 8.51. The lowest BCUT2D eigenvalue weighted by Gasteiger charge is -1.97. The Morgan fingerprint density at radius 3 is 2.67 bits per heavy atom. The summed E-state index contributed by atoms with van der Waals surface area (Å²) in [7, 11) is 0. The van der Waals surface area contributed by atoms with Crippen molar-refractivity contribution in [1.82, 2.24) is 0 Å². The number of aromatic carboxylic acids is 1. The molecule has 0 saturated carbocycles. The van der Waals surface area contributed by atoms with Gasteiger partial charge in [-0.2, -0.15) is 0 Å². The second kappa shape index (κ2) is 3.13. The molecular formula is C8H5FO3. The summed E-state index contributed by atoms with van der Waals surface area (Å²) < 4.78 is 12.4. The van der Waals surface area contributed by atoms with Gasteiger partial charge in [-0.1, -0.05) is 0 Å². The minimum Gasteiger partial charge on any atom is -0.478 e. The molecule has 0 amide bonds. The molecule has 0 saturated heterocycles. The Kier molecular flexibility index (Phi) is 2.19. The van der Waals surface area contributed by atoms with Crippen LogP contribution in [0.5, 0.6) is 0 Å². The first-order chi connectivity index (χ1) is 5.65. The van der Waals surface area contributed by atoms with Crippen molar-refractivity contribution in [3.05, 3.63) is 35.1 Å². The normalized spacial score (nSPS) is 9.42. The third-order valence-corrected chi connectivity index (χ3v) is 1.37. The van der Waals surface area contributed by atoms with Crippen molar-refractivity contribution in [3.63, 3.8) is 0 Å². The molecule has 12 heavy (non-hydrogen) atoms. The van der Waals surface area contributed by atoms with E-state index in [1.165, 1.54) is 0 Å². The summed E-state index contributed by atoms with van der Waals surface area (Å²) in [6.45, 7) is 0. The van der Waals surface area contributed by atoms with Crippen LogP contribution < -0.4 is 0 Å². The molecule has 0 aromatic heterocycles. The molecule has 0 bridgehead atoms. The monoisotopic (exact) mass is 168 g/mol. The summed E-state index contributed by atoms with van der Waals surface area (Å²) in [6, 6.07) is 2.94. The maximum absolute atomic E-state index is 12.4. The molecule has 62 valence electrons. The van der Waals surface area contributed by atoms with Crippen LogP contribution in [0.25, 0.3) is 0 Å². The number of benzene rings is 1. The van der Waals surface area contributed by atoms with Gasteiger partial charge in [0.2, 0.25) is 0 Å². The van der Waals surface area contributed by atoms with Gasteiger partial charge in [-0.05, 0) is 18.2 Å². The highest BCUT2D eigenvalue weighted by Gasteiger charge is 2.09. The molecule has 0 aliphatic carbocycles. The molecule has 4 heteroatoms. The second-order valence-corrected chi connectivity index (χ2v) is 2.15. The molecule has 1 aromatic carbocycles. The Morgan fingerprint density at radius 2 is 2.17 bits per heavy atom. The van der Waals surface area contributed by atoms with E-state index in [-0.39, 0.29) is 11.1 Å². The summed E-state index contributed by atoms with van der Waals surface area (Å²) in [5.41, 5.74) is -0.339. The zero-order valence-electron chi connectivity index (χ0n) is 5.95. The third kappa shape index (κ3) is 1.47. The molecule has 0 aliphatic heterocycles. The molecule has 0 fully saturated rings. The average molecular weight is 168 g/mol. The highest BCUT2D eigenvalue weighted by Crippen LogP contribution is 2.08. The standard InChI is InChI=1S/C8H5FO3/c9-6-1-2-7(8(11)12)5(3-6)4-10/h1-4H,(H,11,12). The molecule has 1 N–H and O–H groups in total. The molecule has 1 rings (SSSR count). The molecule has 0 heterocycles. The summed E-state index contributed by atoms with van der Waals surface area (Å²) in [4.78, 5) is 20.7. The summed E-state index contributed by atoms with van der Waals surface area (Å²) >= 11 is 0. The fourth-order valence-corrected chi connectivity index (χ4v) is 0.826. The third-order valence-electron chi connectivity index (χ3n) is 1.37. The minimum absolute atomic E-state index is 0.150. The lowest BCUT2D eigenvalue weighted by Crippen LogP contribution is -2.01. The Balaban J connectivity index is 3.29. The number of carbonyl (C=O) groups excluding carboxylic acids is 1. The van der Waals surface area contributed by atoms with Crippen molar-refractivity contribution in [2.24, 2.45) is 0 Å². The van der Waals surface area contributed by atoms with Crippen molar-refractivity contribution >= 4 is 12.3 Å². The number of rotatable bonds is 2. The van der Waals surface area contributed by atoms with E-state index < -0.39 is 11.8 Å². The van der Waals surface area contributed by atoms with Gasteiger partial charge in [-0.3, -0.25) is 4.79 Å². The maximum Gasteiger partial charge on any atom is 0.336 e. The van der Waals surface area contributed by atoms with Gasteiger partial charge in [0.1, 0.15) is 5.82 Å². The number of aldehydes is 1.